The number of nitrogens with zero attached hydrogens (tertiary/aromatic N) is 1. The summed E-state index contributed by atoms with van der Waals surface area (Å²) in [6, 6.07) is 3.78. The minimum atomic E-state index is -0.312. The van der Waals surface area contributed by atoms with Crippen molar-refractivity contribution in [3.63, 3.8) is 0 Å². The maximum absolute atomic E-state index is 11.1. The van der Waals surface area contributed by atoms with Gasteiger partial charge in [-0.1, -0.05) is 26.2 Å². The van der Waals surface area contributed by atoms with E-state index in [1.165, 1.54) is 12.8 Å². The SMILES string of the molecule is CCCCCC(C)Nc1cc(C)c(C)cc1[N+](=O)[O-]. The Morgan fingerprint density at radius 2 is 1.89 bits per heavy atom. The molecule has 1 atom stereocenters. The van der Waals surface area contributed by atoms with E-state index >= 15 is 0 Å². The van der Waals surface area contributed by atoms with E-state index in [4.69, 9.17) is 0 Å². The van der Waals surface area contributed by atoms with Crippen molar-refractivity contribution in [2.45, 2.75) is 59.4 Å². The van der Waals surface area contributed by atoms with Gasteiger partial charge in [0.2, 0.25) is 0 Å². The first-order chi connectivity index (χ1) is 8.95. The first-order valence-electron chi connectivity index (χ1n) is 6.97. The van der Waals surface area contributed by atoms with Crippen LogP contribution in [0.4, 0.5) is 11.4 Å². The number of nitro groups is 1. The molecule has 1 unspecified atom stereocenters. The zero-order valence-electron chi connectivity index (χ0n) is 12.3. The normalized spacial score (nSPS) is 12.2. The molecular weight excluding hydrogens is 240 g/mol. The number of hydrogen-bond donors (Lipinski definition) is 1. The van der Waals surface area contributed by atoms with Crippen LogP contribution in [0.5, 0.6) is 0 Å². The molecule has 1 aromatic rings. The van der Waals surface area contributed by atoms with Crippen LogP contribution in [0.25, 0.3) is 0 Å². The number of unbranched alkanes of at least 4 members (excludes halogenated alkanes) is 2. The van der Waals surface area contributed by atoms with Crippen LogP contribution in [-0.4, -0.2) is 11.0 Å². The molecule has 0 heterocycles. The fourth-order valence-corrected chi connectivity index (χ4v) is 2.11. The van der Waals surface area contributed by atoms with Crippen molar-refractivity contribution in [2.24, 2.45) is 0 Å². The molecule has 4 heteroatoms. The van der Waals surface area contributed by atoms with E-state index in [1.54, 1.807) is 6.07 Å². The van der Waals surface area contributed by atoms with Crippen LogP contribution in [0.2, 0.25) is 0 Å². The Balaban J connectivity index is 2.81. The maximum atomic E-state index is 11.1. The molecule has 19 heavy (non-hydrogen) atoms. The summed E-state index contributed by atoms with van der Waals surface area (Å²) in [6.07, 6.45) is 4.60. The van der Waals surface area contributed by atoms with Gasteiger partial charge in [0, 0.05) is 12.1 Å². The first-order valence-corrected chi connectivity index (χ1v) is 6.97. The van der Waals surface area contributed by atoms with Crippen LogP contribution in [-0.2, 0) is 0 Å². The fourth-order valence-electron chi connectivity index (χ4n) is 2.11. The molecule has 0 fully saturated rings. The van der Waals surface area contributed by atoms with Crippen LogP contribution in [0.3, 0.4) is 0 Å². The molecule has 0 aliphatic rings. The minimum absolute atomic E-state index is 0.172. The van der Waals surface area contributed by atoms with Gasteiger partial charge in [-0.25, -0.2) is 0 Å². The first kappa shape index (κ1) is 15.5. The Labute approximate surface area is 115 Å². The van der Waals surface area contributed by atoms with Crippen LogP contribution in [0.1, 0.15) is 50.7 Å². The number of anilines is 1. The summed E-state index contributed by atoms with van der Waals surface area (Å²) in [4.78, 5) is 10.8. The third-order valence-corrected chi connectivity index (χ3v) is 3.45. The quantitative estimate of drug-likeness (QED) is 0.445. The summed E-state index contributed by atoms with van der Waals surface area (Å²) in [6.45, 7) is 8.13. The van der Waals surface area contributed by atoms with E-state index in [2.05, 4.69) is 19.2 Å². The molecule has 106 valence electrons. The second-order valence-electron chi connectivity index (χ2n) is 5.25. The lowest BCUT2D eigenvalue weighted by Gasteiger charge is -2.16. The molecule has 1 aromatic carbocycles. The second kappa shape index (κ2) is 7.12. The molecular formula is C15H24N2O2. The van der Waals surface area contributed by atoms with Crippen molar-refractivity contribution in [1.29, 1.82) is 0 Å². The number of rotatable bonds is 7. The smallest absolute Gasteiger partial charge is 0.292 e. The highest BCUT2D eigenvalue weighted by atomic mass is 16.6. The molecule has 1 N–H and O–H groups in total. The van der Waals surface area contributed by atoms with Gasteiger partial charge >= 0.3 is 0 Å². The number of nitrogens with one attached hydrogen (secondary N) is 1. The van der Waals surface area contributed by atoms with Gasteiger partial charge in [0.05, 0.1) is 4.92 Å². The van der Waals surface area contributed by atoms with Crippen molar-refractivity contribution in [1.82, 2.24) is 0 Å². The third kappa shape index (κ3) is 4.54. The Morgan fingerprint density at radius 3 is 2.47 bits per heavy atom. The molecule has 1 rings (SSSR count). The van der Waals surface area contributed by atoms with Crippen molar-refractivity contribution in [2.75, 3.05) is 5.32 Å². The van der Waals surface area contributed by atoms with Crippen LogP contribution in [0, 0.1) is 24.0 Å². The predicted octanol–water partition coefficient (Wildman–Crippen LogP) is 4.59. The Kier molecular flexibility index (Phi) is 5.80. The van der Waals surface area contributed by atoms with Crippen LogP contribution < -0.4 is 5.32 Å². The van der Waals surface area contributed by atoms with E-state index in [9.17, 15) is 10.1 Å². The lowest BCUT2D eigenvalue weighted by Crippen LogP contribution is -2.16. The average Bonchev–Trinajstić information content (AvgIpc) is 2.33. The zero-order valence-corrected chi connectivity index (χ0v) is 12.3. The van der Waals surface area contributed by atoms with Crippen molar-refractivity contribution >= 4 is 11.4 Å². The molecule has 0 saturated carbocycles. The van der Waals surface area contributed by atoms with Crippen LogP contribution in [0.15, 0.2) is 12.1 Å². The maximum Gasteiger partial charge on any atom is 0.292 e. The summed E-state index contributed by atoms with van der Waals surface area (Å²) in [5.41, 5.74) is 2.84. The standard InChI is InChI=1S/C15H24N2O2/c1-5-6-7-8-13(4)16-14-9-11(2)12(3)10-15(14)17(18)19/h9-10,13,16H,5-8H2,1-4H3. The summed E-state index contributed by atoms with van der Waals surface area (Å²) in [7, 11) is 0. The summed E-state index contributed by atoms with van der Waals surface area (Å²) in [5, 5.41) is 14.4. The van der Waals surface area contributed by atoms with Gasteiger partial charge in [0.25, 0.3) is 5.69 Å². The van der Waals surface area contributed by atoms with Gasteiger partial charge in [-0.2, -0.15) is 0 Å². The highest BCUT2D eigenvalue weighted by Gasteiger charge is 2.16. The molecule has 0 spiro atoms. The third-order valence-electron chi connectivity index (χ3n) is 3.45. The molecule has 0 aliphatic heterocycles. The number of aryl methyl sites for hydroxylation is 2. The highest BCUT2D eigenvalue weighted by Crippen LogP contribution is 2.28. The van der Waals surface area contributed by atoms with Gasteiger partial charge in [0.15, 0.2) is 0 Å². The summed E-state index contributed by atoms with van der Waals surface area (Å²) >= 11 is 0. The Morgan fingerprint density at radius 1 is 1.26 bits per heavy atom. The summed E-state index contributed by atoms with van der Waals surface area (Å²) in [5.74, 6) is 0. The van der Waals surface area contributed by atoms with Gasteiger partial charge in [-0.15, -0.1) is 0 Å². The van der Waals surface area contributed by atoms with E-state index in [-0.39, 0.29) is 16.7 Å². The molecule has 0 aromatic heterocycles. The number of nitro benzene ring substituents is 1. The van der Waals surface area contributed by atoms with Gasteiger partial charge in [-0.3, -0.25) is 10.1 Å². The molecule has 4 nitrogen and oxygen atoms in total. The van der Waals surface area contributed by atoms with E-state index in [0.717, 1.165) is 24.0 Å². The van der Waals surface area contributed by atoms with E-state index in [0.29, 0.717) is 5.69 Å². The molecule has 0 bridgehead atoms. The lowest BCUT2D eigenvalue weighted by molar-refractivity contribution is -0.384. The van der Waals surface area contributed by atoms with Gasteiger partial charge in [0.1, 0.15) is 5.69 Å². The monoisotopic (exact) mass is 264 g/mol. The topological polar surface area (TPSA) is 55.2 Å². The molecule has 0 amide bonds. The fraction of sp³-hybridized carbons (Fsp3) is 0.600. The molecule has 0 aliphatic carbocycles. The largest absolute Gasteiger partial charge is 0.377 e. The van der Waals surface area contributed by atoms with Crippen LogP contribution >= 0.6 is 0 Å². The Hall–Kier alpha value is -1.58. The minimum Gasteiger partial charge on any atom is -0.377 e. The Bertz CT molecular complexity index is 444. The number of benzene rings is 1. The lowest BCUT2D eigenvalue weighted by atomic mass is 10.1. The number of hydrogen-bond acceptors (Lipinski definition) is 3. The van der Waals surface area contributed by atoms with Crippen molar-refractivity contribution in [3.8, 4) is 0 Å². The predicted molar refractivity (Wildman–Crippen MR) is 79.8 cm³/mol. The second-order valence-corrected chi connectivity index (χ2v) is 5.25. The van der Waals surface area contributed by atoms with Crippen molar-refractivity contribution < 1.29 is 4.92 Å². The molecule has 0 saturated heterocycles. The summed E-state index contributed by atoms with van der Waals surface area (Å²) < 4.78 is 0. The van der Waals surface area contributed by atoms with Gasteiger partial charge < -0.3 is 5.32 Å². The zero-order chi connectivity index (χ0) is 14.4. The highest BCUT2D eigenvalue weighted by molar-refractivity contribution is 5.64. The average molecular weight is 264 g/mol. The van der Waals surface area contributed by atoms with E-state index in [1.807, 2.05) is 19.9 Å². The van der Waals surface area contributed by atoms with E-state index < -0.39 is 0 Å². The van der Waals surface area contributed by atoms with Gasteiger partial charge in [-0.05, 0) is 44.4 Å². The molecule has 0 radical (unpaired) electrons. The van der Waals surface area contributed by atoms with Crippen molar-refractivity contribution in [3.05, 3.63) is 33.4 Å².